The molecule has 0 bridgehead atoms. The van der Waals surface area contributed by atoms with Crippen LogP contribution >= 0.6 is 0 Å². The van der Waals surface area contributed by atoms with Gasteiger partial charge in [-0.1, -0.05) is 66.7 Å². The number of rotatable bonds is 8. The first-order chi connectivity index (χ1) is 15.0. The molecule has 0 unspecified atom stereocenters. The molecular weight excluding hydrogens is 392 g/mol. The summed E-state index contributed by atoms with van der Waals surface area (Å²) in [5, 5.41) is 5.58. The van der Waals surface area contributed by atoms with Gasteiger partial charge >= 0.3 is 5.97 Å². The monoisotopic (exact) mass is 416 g/mol. The SMILES string of the molecule is C[C@H](OC(=O)C[C@@H](NC(=O)c1ccccc1)c1ccccc1)C(=O)Nc1ccccc1. The van der Waals surface area contributed by atoms with Crippen molar-refractivity contribution in [2.45, 2.75) is 25.5 Å². The fourth-order valence-electron chi connectivity index (χ4n) is 3.00. The lowest BCUT2D eigenvalue weighted by molar-refractivity contribution is -0.153. The number of para-hydroxylation sites is 1. The summed E-state index contributed by atoms with van der Waals surface area (Å²) < 4.78 is 5.32. The van der Waals surface area contributed by atoms with E-state index in [9.17, 15) is 14.4 Å². The molecule has 3 aromatic carbocycles. The summed E-state index contributed by atoms with van der Waals surface area (Å²) in [5.41, 5.74) is 1.88. The summed E-state index contributed by atoms with van der Waals surface area (Å²) in [6, 6.07) is 26.3. The third-order valence-corrected chi connectivity index (χ3v) is 4.63. The van der Waals surface area contributed by atoms with Crippen molar-refractivity contribution in [2.75, 3.05) is 5.32 Å². The van der Waals surface area contributed by atoms with Crippen LogP contribution in [0, 0.1) is 0 Å². The number of benzene rings is 3. The van der Waals surface area contributed by atoms with Crippen molar-refractivity contribution in [1.29, 1.82) is 0 Å². The largest absolute Gasteiger partial charge is 0.452 e. The smallest absolute Gasteiger partial charge is 0.309 e. The second-order valence-electron chi connectivity index (χ2n) is 6.99. The Labute approximate surface area is 181 Å². The Morgan fingerprint density at radius 1 is 0.806 bits per heavy atom. The molecule has 0 spiro atoms. The number of anilines is 1. The van der Waals surface area contributed by atoms with Gasteiger partial charge < -0.3 is 15.4 Å². The molecule has 6 nitrogen and oxygen atoms in total. The van der Waals surface area contributed by atoms with E-state index >= 15 is 0 Å². The lowest BCUT2D eigenvalue weighted by Crippen LogP contribution is -2.33. The van der Waals surface area contributed by atoms with Gasteiger partial charge in [0.25, 0.3) is 11.8 Å². The number of amides is 2. The van der Waals surface area contributed by atoms with Gasteiger partial charge in [-0.3, -0.25) is 14.4 Å². The zero-order chi connectivity index (χ0) is 22.1. The van der Waals surface area contributed by atoms with Crippen LogP contribution in [0.2, 0.25) is 0 Å². The summed E-state index contributed by atoms with van der Waals surface area (Å²) in [6.45, 7) is 1.51. The molecule has 0 aliphatic heterocycles. The maximum atomic E-state index is 12.6. The Morgan fingerprint density at radius 2 is 1.35 bits per heavy atom. The van der Waals surface area contributed by atoms with E-state index < -0.39 is 24.0 Å². The van der Waals surface area contributed by atoms with Gasteiger partial charge in [-0.15, -0.1) is 0 Å². The average Bonchev–Trinajstić information content (AvgIpc) is 2.80. The average molecular weight is 416 g/mol. The van der Waals surface area contributed by atoms with Crippen molar-refractivity contribution in [3.05, 3.63) is 102 Å². The second kappa shape index (κ2) is 10.7. The normalized spacial score (nSPS) is 12.3. The van der Waals surface area contributed by atoms with E-state index in [0.29, 0.717) is 11.3 Å². The molecule has 0 aromatic heterocycles. The minimum atomic E-state index is -0.978. The summed E-state index contributed by atoms with van der Waals surface area (Å²) in [4.78, 5) is 37.5. The summed E-state index contributed by atoms with van der Waals surface area (Å²) in [5.74, 6) is -1.31. The first-order valence-corrected chi connectivity index (χ1v) is 9.99. The molecule has 158 valence electrons. The van der Waals surface area contributed by atoms with Crippen molar-refractivity contribution in [3.63, 3.8) is 0 Å². The molecule has 3 aromatic rings. The molecule has 3 rings (SSSR count). The van der Waals surface area contributed by atoms with Crippen LogP contribution in [0.4, 0.5) is 5.69 Å². The van der Waals surface area contributed by atoms with E-state index in [1.165, 1.54) is 6.92 Å². The number of esters is 1. The van der Waals surface area contributed by atoms with E-state index in [1.54, 1.807) is 48.5 Å². The fraction of sp³-hybridized carbons (Fsp3) is 0.160. The zero-order valence-electron chi connectivity index (χ0n) is 17.2. The van der Waals surface area contributed by atoms with Crippen LogP contribution in [0.25, 0.3) is 0 Å². The zero-order valence-corrected chi connectivity index (χ0v) is 17.2. The molecule has 2 atom stereocenters. The van der Waals surface area contributed by atoms with Crippen molar-refractivity contribution >= 4 is 23.5 Å². The topological polar surface area (TPSA) is 84.5 Å². The van der Waals surface area contributed by atoms with Crippen LogP contribution in [0.5, 0.6) is 0 Å². The molecule has 6 heteroatoms. The highest BCUT2D eigenvalue weighted by atomic mass is 16.5. The lowest BCUT2D eigenvalue weighted by Gasteiger charge is -2.20. The number of hydrogen-bond acceptors (Lipinski definition) is 4. The number of carbonyl (C=O) groups excluding carboxylic acids is 3. The highest BCUT2D eigenvalue weighted by Gasteiger charge is 2.23. The van der Waals surface area contributed by atoms with Gasteiger partial charge in [0.05, 0.1) is 12.5 Å². The van der Waals surface area contributed by atoms with Gasteiger partial charge in [0, 0.05) is 11.3 Å². The maximum Gasteiger partial charge on any atom is 0.309 e. The Morgan fingerprint density at radius 3 is 1.97 bits per heavy atom. The van der Waals surface area contributed by atoms with Crippen LogP contribution in [-0.4, -0.2) is 23.9 Å². The molecule has 0 radical (unpaired) electrons. The summed E-state index contributed by atoms with van der Waals surface area (Å²) >= 11 is 0. The number of nitrogens with one attached hydrogen (secondary N) is 2. The van der Waals surface area contributed by atoms with E-state index in [4.69, 9.17) is 4.74 Å². The minimum Gasteiger partial charge on any atom is -0.452 e. The summed E-state index contributed by atoms with van der Waals surface area (Å²) in [6.07, 6.45) is -1.08. The van der Waals surface area contributed by atoms with Crippen molar-refractivity contribution < 1.29 is 19.1 Å². The third kappa shape index (κ3) is 6.54. The number of carbonyl (C=O) groups is 3. The van der Waals surface area contributed by atoms with E-state index in [-0.39, 0.29) is 12.3 Å². The van der Waals surface area contributed by atoms with E-state index in [1.807, 2.05) is 42.5 Å². The molecule has 0 heterocycles. The highest BCUT2D eigenvalue weighted by Crippen LogP contribution is 2.19. The predicted molar refractivity (Wildman–Crippen MR) is 118 cm³/mol. The maximum absolute atomic E-state index is 12.6. The molecule has 0 aliphatic carbocycles. The van der Waals surface area contributed by atoms with E-state index in [2.05, 4.69) is 10.6 Å². The Kier molecular flexibility index (Phi) is 7.54. The van der Waals surface area contributed by atoms with Crippen molar-refractivity contribution in [2.24, 2.45) is 0 Å². The quantitative estimate of drug-likeness (QED) is 0.541. The number of ether oxygens (including phenoxy) is 1. The highest BCUT2D eigenvalue weighted by molar-refractivity contribution is 5.96. The molecule has 0 fully saturated rings. The minimum absolute atomic E-state index is 0.106. The molecule has 31 heavy (non-hydrogen) atoms. The lowest BCUT2D eigenvalue weighted by atomic mass is 10.0. The molecule has 2 amide bonds. The van der Waals surface area contributed by atoms with Crippen molar-refractivity contribution in [3.8, 4) is 0 Å². The first kappa shape index (κ1) is 21.8. The van der Waals surface area contributed by atoms with Gasteiger partial charge in [0.15, 0.2) is 6.10 Å². The third-order valence-electron chi connectivity index (χ3n) is 4.63. The molecule has 0 saturated carbocycles. The molecule has 0 saturated heterocycles. The molecule has 0 aliphatic rings. The van der Waals surface area contributed by atoms with Gasteiger partial charge in [0.1, 0.15) is 0 Å². The summed E-state index contributed by atoms with van der Waals surface area (Å²) in [7, 11) is 0. The van der Waals surface area contributed by atoms with Gasteiger partial charge in [-0.2, -0.15) is 0 Å². The van der Waals surface area contributed by atoms with Crippen LogP contribution in [-0.2, 0) is 14.3 Å². The Bertz CT molecular complexity index is 1010. The van der Waals surface area contributed by atoms with Crippen LogP contribution < -0.4 is 10.6 Å². The fourth-order valence-corrected chi connectivity index (χ4v) is 3.00. The van der Waals surface area contributed by atoms with Crippen molar-refractivity contribution in [1.82, 2.24) is 5.32 Å². The Balaban J connectivity index is 1.64. The molecule has 2 N–H and O–H groups in total. The van der Waals surface area contributed by atoms with E-state index in [0.717, 1.165) is 5.56 Å². The number of hydrogen-bond donors (Lipinski definition) is 2. The van der Waals surface area contributed by atoms with Crippen LogP contribution in [0.3, 0.4) is 0 Å². The Hall–Kier alpha value is -3.93. The predicted octanol–water partition coefficient (Wildman–Crippen LogP) is 4.12. The first-order valence-electron chi connectivity index (χ1n) is 9.99. The molecular formula is C25H24N2O4. The van der Waals surface area contributed by atoms with Gasteiger partial charge in [0.2, 0.25) is 0 Å². The van der Waals surface area contributed by atoms with Crippen LogP contribution in [0.15, 0.2) is 91.0 Å². The van der Waals surface area contributed by atoms with Gasteiger partial charge in [-0.05, 0) is 36.8 Å². The van der Waals surface area contributed by atoms with Crippen LogP contribution in [0.1, 0.15) is 35.3 Å². The second-order valence-corrected chi connectivity index (χ2v) is 6.99. The standard InChI is InChI=1S/C25H24N2O4/c1-18(24(29)26-21-15-9-4-10-16-21)31-23(28)17-22(19-11-5-2-6-12-19)27-25(30)20-13-7-3-8-14-20/h2-16,18,22H,17H2,1H3,(H,26,29)(H,27,30)/t18-,22+/m0/s1. The van der Waals surface area contributed by atoms with Gasteiger partial charge in [-0.25, -0.2) is 0 Å².